The van der Waals surface area contributed by atoms with E-state index in [1.165, 1.54) is 24.8 Å². The number of nitrogens with zero attached hydrogens (tertiary/aromatic N) is 2. The maximum absolute atomic E-state index is 12.1. The minimum atomic E-state index is -0.159. The molecule has 3 rings (SSSR count). The van der Waals surface area contributed by atoms with E-state index in [9.17, 15) is 4.79 Å². The third-order valence-corrected chi connectivity index (χ3v) is 4.50. The monoisotopic (exact) mass is 312 g/mol. The highest BCUT2D eigenvalue weighted by atomic mass is 16.2. The summed E-state index contributed by atoms with van der Waals surface area (Å²) in [6.07, 6.45) is 6.60. The highest BCUT2D eigenvalue weighted by Gasteiger charge is 2.22. The van der Waals surface area contributed by atoms with Gasteiger partial charge in [-0.25, -0.2) is 4.79 Å². The van der Waals surface area contributed by atoms with Gasteiger partial charge in [-0.15, -0.1) is 0 Å². The first-order chi connectivity index (χ1) is 11.2. The maximum Gasteiger partial charge on any atom is 0.320 e. The first-order valence-corrected chi connectivity index (χ1v) is 8.35. The van der Waals surface area contributed by atoms with Crippen molar-refractivity contribution in [3.05, 3.63) is 48.2 Å². The van der Waals surface area contributed by atoms with Crippen molar-refractivity contribution in [2.75, 3.05) is 5.32 Å². The number of rotatable bonds is 4. The Morgan fingerprint density at radius 1 is 1.22 bits per heavy atom. The summed E-state index contributed by atoms with van der Waals surface area (Å²) in [5, 5.41) is 10.3. The van der Waals surface area contributed by atoms with Gasteiger partial charge in [-0.3, -0.25) is 10.00 Å². The Hall–Kier alpha value is -2.30. The smallest absolute Gasteiger partial charge is 0.320 e. The van der Waals surface area contributed by atoms with E-state index in [-0.39, 0.29) is 12.1 Å². The molecule has 122 valence electrons. The van der Waals surface area contributed by atoms with Gasteiger partial charge in [0.25, 0.3) is 0 Å². The molecule has 5 nitrogen and oxygen atoms in total. The van der Waals surface area contributed by atoms with Crippen molar-refractivity contribution in [1.82, 2.24) is 15.1 Å². The zero-order chi connectivity index (χ0) is 16.1. The summed E-state index contributed by atoms with van der Waals surface area (Å²) >= 11 is 0. The molecule has 1 saturated carbocycles. The van der Waals surface area contributed by atoms with Gasteiger partial charge >= 0.3 is 6.03 Å². The largest absolute Gasteiger partial charge is 0.335 e. The number of nitrogens with one attached hydrogen (secondary N) is 2. The number of benzene rings is 1. The molecule has 23 heavy (non-hydrogen) atoms. The van der Waals surface area contributed by atoms with Crippen LogP contribution in [0.3, 0.4) is 0 Å². The van der Waals surface area contributed by atoms with Gasteiger partial charge in [0.1, 0.15) is 0 Å². The number of amides is 2. The first kappa shape index (κ1) is 15.6. The Kier molecular flexibility index (Phi) is 4.95. The second-order valence-electron chi connectivity index (χ2n) is 6.35. The van der Waals surface area contributed by atoms with Gasteiger partial charge in [0.2, 0.25) is 0 Å². The standard InChI is InChI=1S/C18H24N4O/c1-14-7-5-6-10-16(14)19-18(23)20-17-11-12-22(21-17)13-15-8-3-2-4-9-15/h2-4,8-9,11-12,14,16H,5-7,10,13H2,1H3,(H2,19,20,21,23). The first-order valence-electron chi connectivity index (χ1n) is 8.35. The lowest BCUT2D eigenvalue weighted by Gasteiger charge is -2.29. The molecule has 0 bridgehead atoms. The van der Waals surface area contributed by atoms with Crippen molar-refractivity contribution in [2.45, 2.75) is 45.2 Å². The number of carbonyl (C=O) groups is 1. The van der Waals surface area contributed by atoms with Crippen molar-refractivity contribution in [3.63, 3.8) is 0 Å². The number of hydrogen-bond donors (Lipinski definition) is 2. The lowest BCUT2D eigenvalue weighted by molar-refractivity contribution is 0.232. The van der Waals surface area contributed by atoms with Crippen LogP contribution in [0.15, 0.2) is 42.6 Å². The van der Waals surface area contributed by atoms with Gasteiger partial charge in [0.05, 0.1) is 6.54 Å². The minimum Gasteiger partial charge on any atom is -0.335 e. The van der Waals surface area contributed by atoms with Crippen LogP contribution in [-0.4, -0.2) is 21.9 Å². The number of urea groups is 1. The van der Waals surface area contributed by atoms with E-state index < -0.39 is 0 Å². The fourth-order valence-corrected chi connectivity index (χ4v) is 3.14. The molecule has 2 unspecified atom stereocenters. The SMILES string of the molecule is CC1CCCCC1NC(=O)Nc1ccn(Cc2ccccc2)n1. The molecular formula is C18H24N4O. The third kappa shape index (κ3) is 4.34. The van der Waals surface area contributed by atoms with Crippen molar-refractivity contribution in [2.24, 2.45) is 5.92 Å². The van der Waals surface area contributed by atoms with Crippen LogP contribution in [0, 0.1) is 5.92 Å². The summed E-state index contributed by atoms with van der Waals surface area (Å²) in [7, 11) is 0. The molecular weight excluding hydrogens is 288 g/mol. The minimum absolute atomic E-state index is 0.159. The summed E-state index contributed by atoms with van der Waals surface area (Å²) in [5.41, 5.74) is 1.18. The van der Waals surface area contributed by atoms with Gasteiger partial charge < -0.3 is 5.32 Å². The highest BCUT2D eigenvalue weighted by Crippen LogP contribution is 2.23. The van der Waals surface area contributed by atoms with E-state index in [4.69, 9.17) is 0 Å². The lowest BCUT2D eigenvalue weighted by Crippen LogP contribution is -2.43. The second-order valence-corrected chi connectivity index (χ2v) is 6.35. The van der Waals surface area contributed by atoms with E-state index in [0.717, 1.165) is 6.42 Å². The highest BCUT2D eigenvalue weighted by molar-refractivity contribution is 5.88. The van der Waals surface area contributed by atoms with E-state index in [0.29, 0.717) is 18.3 Å². The Bertz CT molecular complexity index is 637. The molecule has 5 heteroatoms. The van der Waals surface area contributed by atoms with Gasteiger partial charge in [0.15, 0.2) is 5.82 Å². The Morgan fingerprint density at radius 2 is 2.00 bits per heavy atom. The van der Waals surface area contributed by atoms with Crippen molar-refractivity contribution < 1.29 is 4.79 Å². The molecule has 2 atom stereocenters. The normalized spacial score (nSPS) is 20.9. The summed E-state index contributed by atoms with van der Waals surface area (Å²) in [5.74, 6) is 1.13. The molecule has 0 saturated heterocycles. The molecule has 2 amide bonds. The Morgan fingerprint density at radius 3 is 2.78 bits per heavy atom. The van der Waals surface area contributed by atoms with E-state index in [2.05, 4.69) is 34.8 Å². The number of hydrogen-bond acceptors (Lipinski definition) is 2. The quantitative estimate of drug-likeness (QED) is 0.905. The van der Waals surface area contributed by atoms with Crippen LogP contribution >= 0.6 is 0 Å². The van der Waals surface area contributed by atoms with Gasteiger partial charge in [-0.2, -0.15) is 5.10 Å². The van der Waals surface area contributed by atoms with Crippen LogP contribution in [0.4, 0.5) is 10.6 Å². The molecule has 1 aliphatic carbocycles. The summed E-state index contributed by atoms with van der Waals surface area (Å²) in [6.45, 7) is 2.91. The maximum atomic E-state index is 12.1. The van der Waals surface area contributed by atoms with E-state index in [1.54, 1.807) is 0 Å². The van der Waals surface area contributed by atoms with Gasteiger partial charge in [-0.05, 0) is 24.3 Å². The molecule has 0 spiro atoms. The summed E-state index contributed by atoms with van der Waals surface area (Å²) in [6, 6.07) is 12.1. The zero-order valence-corrected chi connectivity index (χ0v) is 13.5. The predicted octanol–water partition coefficient (Wildman–Crippen LogP) is 3.63. The Labute approximate surface area is 137 Å². The van der Waals surface area contributed by atoms with Crippen LogP contribution < -0.4 is 10.6 Å². The molecule has 2 aromatic rings. The molecule has 1 aliphatic rings. The lowest BCUT2D eigenvalue weighted by atomic mass is 9.86. The van der Waals surface area contributed by atoms with Crippen molar-refractivity contribution >= 4 is 11.8 Å². The van der Waals surface area contributed by atoms with Crippen LogP contribution in [0.2, 0.25) is 0 Å². The zero-order valence-electron chi connectivity index (χ0n) is 13.5. The molecule has 2 N–H and O–H groups in total. The van der Waals surface area contributed by atoms with Crippen molar-refractivity contribution in [1.29, 1.82) is 0 Å². The molecule has 0 aliphatic heterocycles. The molecule has 1 aromatic heterocycles. The number of aromatic nitrogens is 2. The van der Waals surface area contributed by atoms with E-state index in [1.807, 2.05) is 35.1 Å². The van der Waals surface area contributed by atoms with Crippen LogP contribution in [0.1, 0.15) is 38.2 Å². The molecule has 1 heterocycles. The topological polar surface area (TPSA) is 59.0 Å². The number of anilines is 1. The average molecular weight is 312 g/mol. The average Bonchev–Trinajstić information content (AvgIpc) is 2.97. The second kappa shape index (κ2) is 7.31. The van der Waals surface area contributed by atoms with Crippen LogP contribution in [0.5, 0.6) is 0 Å². The predicted molar refractivity (Wildman–Crippen MR) is 91.3 cm³/mol. The molecule has 1 fully saturated rings. The molecule has 1 aromatic carbocycles. The van der Waals surface area contributed by atoms with Crippen molar-refractivity contribution in [3.8, 4) is 0 Å². The summed E-state index contributed by atoms with van der Waals surface area (Å²) < 4.78 is 1.83. The number of carbonyl (C=O) groups excluding carboxylic acids is 1. The molecule has 0 radical (unpaired) electrons. The van der Waals surface area contributed by atoms with E-state index >= 15 is 0 Å². The fraction of sp³-hybridized carbons (Fsp3) is 0.444. The third-order valence-electron chi connectivity index (χ3n) is 4.50. The van der Waals surface area contributed by atoms with Gasteiger partial charge in [0, 0.05) is 18.3 Å². The Balaban J connectivity index is 1.53. The van der Waals surface area contributed by atoms with Gasteiger partial charge in [-0.1, -0.05) is 50.1 Å². The van der Waals surface area contributed by atoms with Crippen LogP contribution in [-0.2, 0) is 6.54 Å². The van der Waals surface area contributed by atoms with Crippen LogP contribution in [0.25, 0.3) is 0 Å². The summed E-state index contributed by atoms with van der Waals surface area (Å²) in [4.78, 5) is 12.1. The fourth-order valence-electron chi connectivity index (χ4n) is 3.14.